The van der Waals surface area contributed by atoms with Gasteiger partial charge in [0.2, 0.25) is 0 Å². The number of carbonyl (C=O) groups excluding carboxylic acids is 1. The van der Waals surface area contributed by atoms with Crippen LogP contribution in [0.1, 0.15) is 19.8 Å². The molecule has 21 heavy (non-hydrogen) atoms. The molecule has 5 nitrogen and oxygen atoms in total. The number of hydrogen-bond donors (Lipinski definition) is 2. The van der Waals surface area contributed by atoms with Crippen LogP contribution >= 0.6 is 34.2 Å². The van der Waals surface area contributed by atoms with Gasteiger partial charge in [0.25, 0.3) is 0 Å². The Morgan fingerprint density at radius 1 is 1.48 bits per heavy atom. The third-order valence-corrected chi connectivity index (χ3v) is 4.71. The molecule has 1 saturated heterocycles. The molecule has 0 radical (unpaired) electrons. The Kier molecular flexibility index (Phi) is 5.32. The number of hydrogen-bond acceptors (Lipinski definition) is 2. The molecule has 2 amide bonds. The van der Waals surface area contributed by atoms with E-state index in [0.29, 0.717) is 29.6 Å². The number of likely N-dealkylation sites (tertiary alicyclic amines) is 1. The van der Waals surface area contributed by atoms with Crippen LogP contribution < -0.4 is 5.32 Å². The van der Waals surface area contributed by atoms with Crippen LogP contribution in [0.15, 0.2) is 18.2 Å². The fourth-order valence-corrected chi connectivity index (χ4v) is 3.40. The van der Waals surface area contributed by atoms with E-state index in [1.165, 1.54) is 4.90 Å². The molecule has 0 aliphatic carbocycles. The number of carboxylic acids is 1. The summed E-state index contributed by atoms with van der Waals surface area (Å²) < 4.78 is 0.811. The summed E-state index contributed by atoms with van der Waals surface area (Å²) >= 11 is 7.96. The number of anilines is 1. The third kappa shape index (κ3) is 4.00. The zero-order valence-electron chi connectivity index (χ0n) is 11.5. The van der Waals surface area contributed by atoms with Crippen molar-refractivity contribution in [2.24, 2.45) is 5.92 Å². The molecule has 2 atom stereocenters. The van der Waals surface area contributed by atoms with Crippen LogP contribution in [0.25, 0.3) is 0 Å². The van der Waals surface area contributed by atoms with E-state index in [2.05, 4.69) is 27.9 Å². The van der Waals surface area contributed by atoms with Gasteiger partial charge in [0, 0.05) is 15.1 Å². The third-order valence-electron chi connectivity index (χ3n) is 3.58. The molecular formula is C14H16ClIN2O3. The van der Waals surface area contributed by atoms with Crippen LogP contribution in [0, 0.1) is 9.49 Å². The summed E-state index contributed by atoms with van der Waals surface area (Å²) in [6.45, 7) is 2.46. The number of piperidine rings is 1. The van der Waals surface area contributed by atoms with Crippen molar-refractivity contribution in [3.63, 3.8) is 0 Å². The molecule has 1 aliphatic heterocycles. The zero-order valence-corrected chi connectivity index (χ0v) is 14.4. The lowest BCUT2D eigenvalue weighted by molar-refractivity contribution is -0.143. The van der Waals surface area contributed by atoms with Gasteiger partial charge in [-0.15, -0.1) is 0 Å². The highest BCUT2D eigenvalue weighted by Gasteiger charge is 2.34. The maximum absolute atomic E-state index is 12.3. The lowest BCUT2D eigenvalue weighted by atomic mass is 9.93. The van der Waals surface area contributed by atoms with Gasteiger partial charge in [0.05, 0.1) is 5.69 Å². The maximum atomic E-state index is 12.3. The van der Waals surface area contributed by atoms with Crippen molar-refractivity contribution in [1.82, 2.24) is 4.90 Å². The Morgan fingerprint density at radius 2 is 2.19 bits per heavy atom. The van der Waals surface area contributed by atoms with Gasteiger partial charge in [-0.05, 0) is 59.5 Å². The number of nitrogens with one attached hydrogen (secondary N) is 1. The first-order chi connectivity index (χ1) is 9.88. The molecule has 114 valence electrons. The normalized spacial score (nSPS) is 22.0. The first-order valence-corrected chi connectivity index (χ1v) is 8.09. The van der Waals surface area contributed by atoms with Crippen LogP contribution in [0.2, 0.25) is 5.02 Å². The molecule has 1 aromatic carbocycles. The van der Waals surface area contributed by atoms with E-state index < -0.39 is 12.0 Å². The minimum atomic E-state index is -0.956. The summed E-state index contributed by atoms with van der Waals surface area (Å²) in [6, 6.07) is 4.00. The van der Waals surface area contributed by atoms with Gasteiger partial charge in [0.15, 0.2) is 0 Å². The second-order valence-corrected chi connectivity index (χ2v) is 6.83. The molecule has 2 unspecified atom stereocenters. The van der Waals surface area contributed by atoms with Crippen molar-refractivity contribution >= 4 is 51.9 Å². The number of nitrogens with zero attached hydrogens (tertiary/aromatic N) is 1. The average Bonchev–Trinajstić information content (AvgIpc) is 2.41. The monoisotopic (exact) mass is 422 g/mol. The average molecular weight is 423 g/mol. The lowest BCUT2D eigenvalue weighted by Crippen LogP contribution is -2.51. The van der Waals surface area contributed by atoms with E-state index in [1.807, 2.05) is 6.92 Å². The molecular weight excluding hydrogens is 407 g/mol. The van der Waals surface area contributed by atoms with Crippen molar-refractivity contribution in [3.05, 3.63) is 26.8 Å². The Bertz CT molecular complexity index is 567. The predicted molar refractivity (Wildman–Crippen MR) is 89.7 cm³/mol. The molecule has 2 rings (SSSR count). The van der Waals surface area contributed by atoms with E-state index in [9.17, 15) is 14.7 Å². The predicted octanol–water partition coefficient (Wildman–Crippen LogP) is 3.66. The number of carboxylic acid groups (broad SMARTS) is 1. The second-order valence-electron chi connectivity index (χ2n) is 5.23. The Balaban J connectivity index is 2.13. The summed E-state index contributed by atoms with van der Waals surface area (Å²) in [5.41, 5.74) is 0.632. The summed E-state index contributed by atoms with van der Waals surface area (Å²) in [6.07, 6.45) is 1.30. The molecule has 0 bridgehead atoms. The van der Waals surface area contributed by atoms with Gasteiger partial charge >= 0.3 is 12.0 Å². The zero-order chi connectivity index (χ0) is 15.6. The highest BCUT2D eigenvalue weighted by molar-refractivity contribution is 14.1. The van der Waals surface area contributed by atoms with Crippen LogP contribution in [0.4, 0.5) is 10.5 Å². The van der Waals surface area contributed by atoms with E-state index >= 15 is 0 Å². The fraction of sp³-hybridized carbons (Fsp3) is 0.429. The molecule has 0 spiro atoms. The second kappa shape index (κ2) is 6.83. The molecule has 1 aromatic rings. The quantitative estimate of drug-likeness (QED) is 0.715. The van der Waals surface area contributed by atoms with Crippen molar-refractivity contribution in [1.29, 1.82) is 0 Å². The summed E-state index contributed by atoms with van der Waals surface area (Å²) in [5, 5.41) is 12.6. The highest BCUT2D eigenvalue weighted by atomic mass is 127. The van der Waals surface area contributed by atoms with Crippen LogP contribution in [0.5, 0.6) is 0 Å². The van der Waals surface area contributed by atoms with Gasteiger partial charge in [0.1, 0.15) is 6.04 Å². The SMILES string of the molecule is CC1CCN(C(=O)Nc2ccc(Cl)cc2I)C(C(=O)O)C1. The first kappa shape index (κ1) is 16.4. The van der Waals surface area contributed by atoms with Gasteiger partial charge in [-0.3, -0.25) is 0 Å². The number of aliphatic carboxylic acids is 1. The number of benzene rings is 1. The topological polar surface area (TPSA) is 69.6 Å². The number of urea groups is 1. The van der Waals surface area contributed by atoms with E-state index in [1.54, 1.807) is 18.2 Å². The summed E-state index contributed by atoms with van der Waals surface area (Å²) in [7, 11) is 0. The molecule has 2 N–H and O–H groups in total. The van der Waals surface area contributed by atoms with Crippen molar-refractivity contribution in [2.45, 2.75) is 25.8 Å². The van der Waals surface area contributed by atoms with Gasteiger partial charge in [-0.25, -0.2) is 9.59 Å². The van der Waals surface area contributed by atoms with Gasteiger partial charge < -0.3 is 15.3 Å². The standard InChI is InChI=1S/C14H16ClIN2O3/c1-8-4-5-18(12(6-8)13(19)20)14(21)17-11-3-2-9(15)7-10(11)16/h2-3,7-8,12H,4-6H2,1H3,(H,17,21)(H,19,20). The first-order valence-electron chi connectivity index (χ1n) is 6.64. The number of carbonyl (C=O) groups is 2. The number of halogens is 2. The van der Waals surface area contributed by atoms with E-state index in [0.717, 1.165) is 9.99 Å². The van der Waals surface area contributed by atoms with E-state index in [4.69, 9.17) is 11.6 Å². The largest absolute Gasteiger partial charge is 0.480 e. The molecule has 0 aromatic heterocycles. The van der Waals surface area contributed by atoms with Crippen molar-refractivity contribution in [3.8, 4) is 0 Å². The van der Waals surface area contributed by atoms with Crippen LogP contribution in [-0.2, 0) is 4.79 Å². The molecule has 7 heteroatoms. The van der Waals surface area contributed by atoms with Crippen molar-refractivity contribution in [2.75, 3.05) is 11.9 Å². The number of amides is 2. The lowest BCUT2D eigenvalue weighted by Gasteiger charge is -2.35. The molecule has 1 fully saturated rings. The fourth-order valence-electron chi connectivity index (χ4n) is 2.40. The highest BCUT2D eigenvalue weighted by Crippen LogP contribution is 2.26. The minimum absolute atomic E-state index is 0.311. The van der Waals surface area contributed by atoms with Crippen molar-refractivity contribution < 1.29 is 14.7 Å². The molecule has 1 heterocycles. The minimum Gasteiger partial charge on any atom is -0.480 e. The molecule has 1 aliphatic rings. The number of rotatable bonds is 2. The maximum Gasteiger partial charge on any atom is 0.326 e. The van der Waals surface area contributed by atoms with Crippen LogP contribution in [0.3, 0.4) is 0 Å². The Labute approximate surface area is 141 Å². The smallest absolute Gasteiger partial charge is 0.326 e. The van der Waals surface area contributed by atoms with Crippen LogP contribution in [-0.4, -0.2) is 34.6 Å². The van der Waals surface area contributed by atoms with Gasteiger partial charge in [-0.2, -0.15) is 0 Å². The summed E-state index contributed by atoms with van der Waals surface area (Å²) in [4.78, 5) is 25.1. The summed E-state index contributed by atoms with van der Waals surface area (Å²) in [5.74, 6) is -0.645. The Morgan fingerprint density at radius 3 is 2.81 bits per heavy atom. The Hall–Kier alpha value is -1.02. The van der Waals surface area contributed by atoms with Gasteiger partial charge in [-0.1, -0.05) is 18.5 Å². The molecule has 0 saturated carbocycles. The van der Waals surface area contributed by atoms with E-state index in [-0.39, 0.29) is 6.03 Å².